The molecule has 0 bridgehead atoms. The van der Waals surface area contributed by atoms with Gasteiger partial charge in [0.1, 0.15) is 0 Å². The molecular formula is C25H26N2O2. The summed E-state index contributed by atoms with van der Waals surface area (Å²) in [6.45, 7) is 4.74. The van der Waals surface area contributed by atoms with Crippen LogP contribution in [-0.4, -0.2) is 18.4 Å². The first-order valence-corrected chi connectivity index (χ1v) is 10.4. The molecule has 0 spiro atoms. The minimum atomic E-state index is 0.00275. The van der Waals surface area contributed by atoms with E-state index >= 15 is 0 Å². The summed E-state index contributed by atoms with van der Waals surface area (Å²) in [7, 11) is 0. The van der Waals surface area contributed by atoms with E-state index in [0.717, 1.165) is 51.7 Å². The Kier molecular flexibility index (Phi) is 5.34. The lowest BCUT2D eigenvalue weighted by Gasteiger charge is -2.18. The fourth-order valence-corrected chi connectivity index (χ4v) is 4.20. The van der Waals surface area contributed by atoms with Crippen LogP contribution in [0.4, 0.5) is 11.4 Å². The fourth-order valence-electron chi connectivity index (χ4n) is 4.20. The number of nitrogens with zero attached hydrogens (tertiary/aromatic N) is 1. The standard InChI is InChI=1S/C25H26N2O2/c1-3-17-9-5-10-18(4-2)24(17)26-22(28)15-8-16-27-21-14-7-12-19-11-6-13-20(23(19)21)25(27)29/h5-7,9-14H,3-4,8,15-16H2,1-2H3,(H,26,28). The molecule has 0 saturated heterocycles. The van der Waals surface area contributed by atoms with Gasteiger partial charge in [-0.25, -0.2) is 0 Å². The van der Waals surface area contributed by atoms with Gasteiger partial charge >= 0.3 is 0 Å². The molecule has 0 atom stereocenters. The van der Waals surface area contributed by atoms with Gasteiger partial charge in [-0.2, -0.15) is 0 Å². The third kappa shape index (κ3) is 3.51. The van der Waals surface area contributed by atoms with Crippen LogP contribution in [0.5, 0.6) is 0 Å². The van der Waals surface area contributed by atoms with Crippen molar-refractivity contribution >= 4 is 34.0 Å². The second-order valence-corrected chi connectivity index (χ2v) is 7.45. The number of rotatable bonds is 7. The molecule has 2 amide bonds. The molecule has 1 aliphatic rings. The molecule has 0 radical (unpaired) electrons. The minimum Gasteiger partial charge on any atom is -0.326 e. The highest BCUT2D eigenvalue weighted by atomic mass is 16.2. The van der Waals surface area contributed by atoms with Crippen LogP contribution in [-0.2, 0) is 17.6 Å². The summed E-state index contributed by atoms with van der Waals surface area (Å²) < 4.78 is 0. The van der Waals surface area contributed by atoms with Crippen LogP contribution in [0.3, 0.4) is 0 Å². The molecule has 1 heterocycles. The van der Waals surface area contributed by atoms with Crippen LogP contribution >= 0.6 is 0 Å². The van der Waals surface area contributed by atoms with Crippen LogP contribution in [0.15, 0.2) is 54.6 Å². The van der Waals surface area contributed by atoms with Crippen molar-refractivity contribution in [1.29, 1.82) is 0 Å². The van der Waals surface area contributed by atoms with Crippen LogP contribution in [0.1, 0.15) is 48.2 Å². The van der Waals surface area contributed by atoms with Crippen molar-refractivity contribution in [3.05, 3.63) is 71.3 Å². The topological polar surface area (TPSA) is 49.4 Å². The number of hydrogen-bond acceptors (Lipinski definition) is 2. The lowest BCUT2D eigenvalue weighted by atomic mass is 10.0. The molecule has 1 N–H and O–H groups in total. The number of carbonyl (C=O) groups excluding carboxylic acids is 2. The first kappa shape index (κ1) is 19.2. The second kappa shape index (κ2) is 8.08. The largest absolute Gasteiger partial charge is 0.326 e. The van der Waals surface area contributed by atoms with E-state index in [-0.39, 0.29) is 11.8 Å². The van der Waals surface area contributed by atoms with Crippen molar-refractivity contribution in [2.75, 3.05) is 16.8 Å². The van der Waals surface area contributed by atoms with Crippen LogP contribution < -0.4 is 10.2 Å². The molecular weight excluding hydrogens is 360 g/mol. The Morgan fingerprint density at radius 3 is 2.28 bits per heavy atom. The Labute approximate surface area is 171 Å². The number of hydrogen-bond donors (Lipinski definition) is 1. The van der Waals surface area contributed by atoms with Crippen molar-refractivity contribution in [1.82, 2.24) is 0 Å². The SMILES string of the molecule is CCc1cccc(CC)c1NC(=O)CCCN1C(=O)c2cccc3cccc1c23. The maximum absolute atomic E-state index is 12.8. The maximum Gasteiger partial charge on any atom is 0.258 e. The van der Waals surface area contributed by atoms with Crippen molar-refractivity contribution in [3.8, 4) is 0 Å². The number of amides is 2. The first-order valence-electron chi connectivity index (χ1n) is 10.4. The lowest BCUT2D eigenvalue weighted by Crippen LogP contribution is -2.28. The van der Waals surface area contributed by atoms with Gasteiger partial charge in [-0.3, -0.25) is 9.59 Å². The molecule has 148 valence electrons. The molecule has 3 aromatic rings. The zero-order chi connectivity index (χ0) is 20.4. The number of aryl methyl sites for hydroxylation is 2. The Bertz CT molecular complexity index is 1060. The molecule has 3 aromatic carbocycles. The Hall–Kier alpha value is -3.14. The van der Waals surface area contributed by atoms with Gasteiger partial charge in [0.2, 0.25) is 5.91 Å². The fraction of sp³-hybridized carbons (Fsp3) is 0.280. The molecule has 1 aliphatic heterocycles. The highest BCUT2D eigenvalue weighted by Gasteiger charge is 2.29. The number of carbonyl (C=O) groups is 2. The number of nitrogens with one attached hydrogen (secondary N) is 1. The quantitative estimate of drug-likeness (QED) is 0.595. The van der Waals surface area contributed by atoms with Gasteiger partial charge in [0.05, 0.1) is 5.69 Å². The summed E-state index contributed by atoms with van der Waals surface area (Å²) in [4.78, 5) is 27.2. The lowest BCUT2D eigenvalue weighted by molar-refractivity contribution is -0.116. The highest BCUT2D eigenvalue weighted by Crippen LogP contribution is 2.37. The van der Waals surface area contributed by atoms with Gasteiger partial charge < -0.3 is 10.2 Å². The predicted molar refractivity (Wildman–Crippen MR) is 119 cm³/mol. The van der Waals surface area contributed by atoms with Crippen molar-refractivity contribution in [2.24, 2.45) is 0 Å². The number of para-hydroxylation sites is 1. The molecule has 4 rings (SSSR count). The van der Waals surface area contributed by atoms with Gasteiger partial charge in [-0.15, -0.1) is 0 Å². The van der Waals surface area contributed by atoms with E-state index in [0.29, 0.717) is 19.4 Å². The van der Waals surface area contributed by atoms with E-state index in [4.69, 9.17) is 0 Å². The predicted octanol–water partition coefficient (Wildman–Crippen LogP) is 5.34. The van der Waals surface area contributed by atoms with Gasteiger partial charge in [-0.05, 0) is 47.9 Å². The molecule has 4 heteroatoms. The van der Waals surface area contributed by atoms with Gasteiger partial charge in [0.25, 0.3) is 5.91 Å². The van der Waals surface area contributed by atoms with E-state index in [9.17, 15) is 9.59 Å². The molecule has 29 heavy (non-hydrogen) atoms. The third-order valence-electron chi connectivity index (χ3n) is 5.70. The monoisotopic (exact) mass is 386 g/mol. The second-order valence-electron chi connectivity index (χ2n) is 7.45. The van der Waals surface area contributed by atoms with Gasteiger partial charge in [0, 0.05) is 29.6 Å². The van der Waals surface area contributed by atoms with E-state index in [2.05, 4.69) is 31.3 Å². The molecule has 0 unspecified atom stereocenters. The third-order valence-corrected chi connectivity index (χ3v) is 5.70. The molecule has 4 nitrogen and oxygen atoms in total. The zero-order valence-electron chi connectivity index (χ0n) is 17.0. The molecule has 0 aliphatic carbocycles. The normalized spacial score (nSPS) is 12.6. The molecule has 0 aromatic heterocycles. The van der Waals surface area contributed by atoms with E-state index in [1.54, 1.807) is 0 Å². The number of benzene rings is 3. The molecule has 0 fully saturated rings. The molecule has 0 saturated carbocycles. The van der Waals surface area contributed by atoms with E-state index in [1.807, 2.05) is 47.4 Å². The van der Waals surface area contributed by atoms with Gasteiger partial charge in [-0.1, -0.05) is 56.3 Å². The van der Waals surface area contributed by atoms with E-state index in [1.165, 1.54) is 0 Å². The van der Waals surface area contributed by atoms with Crippen molar-refractivity contribution < 1.29 is 9.59 Å². The van der Waals surface area contributed by atoms with Gasteiger partial charge in [0.15, 0.2) is 0 Å². The van der Waals surface area contributed by atoms with Crippen LogP contribution in [0.25, 0.3) is 10.8 Å². The summed E-state index contributed by atoms with van der Waals surface area (Å²) >= 11 is 0. The van der Waals surface area contributed by atoms with Crippen LogP contribution in [0, 0.1) is 0 Å². The number of anilines is 2. The van der Waals surface area contributed by atoms with Crippen molar-refractivity contribution in [3.63, 3.8) is 0 Å². The van der Waals surface area contributed by atoms with Crippen LogP contribution in [0.2, 0.25) is 0 Å². The average Bonchev–Trinajstić information content (AvgIpc) is 3.02. The minimum absolute atomic E-state index is 0.00275. The summed E-state index contributed by atoms with van der Waals surface area (Å²) in [6, 6.07) is 18.0. The Morgan fingerprint density at radius 2 is 1.59 bits per heavy atom. The first-order chi connectivity index (χ1) is 14.1. The average molecular weight is 386 g/mol. The highest BCUT2D eigenvalue weighted by molar-refractivity contribution is 6.25. The zero-order valence-corrected chi connectivity index (χ0v) is 17.0. The Morgan fingerprint density at radius 1 is 0.931 bits per heavy atom. The van der Waals surface area contributed by atoms with Crippen molar-refractivity contribution in [2.45, 2.75) is 39.5 Å². The summed E-state index contributed by atoms with van der Waals surface area (Å²) in [5.74, 6) is 0.0322. The summed E-state index contributed by atoms with van der Waals surface area (Å²) in [5, 5.41) is 5.21. The van der Waals surface area contributed by atoms with E-state index < -0.39 is 0 Å². The smallest absolute Gasteiger partial charge is 0.258 e. The maximum atomic E-state index is 12.8. The Balaban J connectivity index is 1.43. The summed E-state index contributed by atoms with van der Waals surface area (Å²) in [6.07, 6.45) is 2.77. The summed E-state index contributed by atoms with van der Waals surface area (Å²) in [5.41, 5.74) is 4.99.